The van der Waals surface area contributed by atoms with E-state index in [1.54, 1.807) is 72.8 Å². The zero-order valence-corrected chi connectivity index (χ0v) is 29.1. The first-order valence-electron chi connectivity index (χ1n) is 17.3. The molecule has 52 heavy (non-hydrogen) atoms. The molecule has 0 radical (unpaired) electrons. The summed E-state index contributed by atoms with van der Waals surface area (Å²) in [5, 5.41) is 0. The lowest BCUT2D eigenvalue weighted by molar-refractivity contribution is 0.0273. The summed E-state index contributed by atoms with van der Waals surface area (Å²) in [7, 11) is 0. The number of carbonyl (C=O) groups excluding carboxylic acids is 2. The van der Waals surface area contributed by atoms with Crippen molar-refractivity contribution >= 4 is 23.7 Å². The van der Waals surface area contributed by atoms with Crippen molar-refractivity contribution in [3.05, 3.63) is 131 Å². The fourth-order valence-electron chi connectivity index (χ4n) is 4.84. The lowest BCUT2D eigenvalue weighted by atomic mass is 10.1. The molecular formula is C42H44O10. The van der Waals surface area contributed by atoms with E-state index in [9.17, 15) is 9.59 Å². The first-order valence-corrected chi connectivity index (χ1v) is 17.3. The molecule has 4 aromatic carbocycles. The molecule has 7 aliphatic heterocycles. The van der Waals surface area contributed by atoms with Gasteiger partial charge in [-0.2, -0.15) is 0 Å². The second kappa shape index (κ2) is 21.8. The molecule has 11 rings (SSSR count). The number of allylic oxidation sites excluding steroid dienone is 2. The molecule has 10 heteroatoms. The molecule has 0 amide bonds. The highest BCUT2D eigenvalue weighted by Crippen LogP contribution is 2.17. The molecule has 272 valence electrons. The van der Waals surface area contributed by atoms with Gasteiger partial charge in [-0.15, -0.1) is 0 Å². The topological polar surface area (TPSA) is 108 Å². The van der Waals surface area contributed by atoms with E-state index in [2.05, 4.69) is 0 Å². The van der Waals surface area contributed by atoms with Gasteiger partial charge in [-0.1, -0.05) is 36.4 Å². The molecule has 0 fully saturated rings. The fraction of sp³-hybridized carbons (Fsp3) is 0.286. The molecule has 0 atom stereocenters. The molecule has 0 aromatic heterocycles. The standard InChI is InChI=1S/C42H44O10/c43-41-19-5-33-1-11-37(12-2-33)49-29-25-45-21-22-46-26-30-50-38-13-3-34(4-14-38)6-20-42(44)36-9-17-40(18-10-36)52-32-28-48-24-23-47-27-31-51-39-15-7-35(41)8-16-39/h1-20H,21-32H2. The Labute approximate surface area is 304 Å². The van der Waals surface area contributed by atoms with E-state index in [1.165, 1.54) is 0 Å². The number of ether oxygens (including phenoxy) is 8. The fourth-order valence-corrected chi connectivity index (χ4v) is 4.84. The van der Waals surface area contributed by atoms with Crippen molar-refractivity contribution in [2.24, 2.45) is 0 Å². The monoisotopic (exact) mass is 708 g/mol. The van der Waals surface area contributed by atoms with Gasteiger partial charge in [0.25, 0.3) is 0 Å². The zero-order chi connectivity index (χ0) is 36.1. The van der Waals surface area contributed by atoms with Crippen LogP contribution in [0.15, 0.2) is 109 Å². The third kappa shape index (κ3) is 13.8. The Bertz CT molecular complexity index is 1570. The summed E-state index contributed by atoms with van der Waals surface area (Å²) in [6.45, 7) is 4.93. The summed E-state index contributed by atoms with van der Waals surface area (Å²) in [6.07, 6.45) is 6.64. The lowest BCUT2D eigenvalue weighted by Crippen LogP contribution is -2.13. The summed E-state index contributed by atoms with van der Waals surface area (Å²) < 4.78 is 45.3. The average Bonchev–Trinajstić information content (AvgIpc) is 3.18. The Morgan fingerprint density at radius 3 is 0.827 bits per heavy atom. The van der Waals surface area contributed by atoms with Gasteiger partial charge in [0.05, 0.1) is 52.9 Å². The van der Waals surface area contributed by atoms with Crippen LogP contribution in [0.5, 0.6) is 23.0 Å². The van der Waals surface area contributed by atoms with Gasteiger partial charge in [0, 0.05) is 11.1 Å². The van der Waals surface area contributed by atoms with Gasteiger partial charge in [-0.3, -0.25) is 9.59 Å². The minimum atomic E-state index is -0.105. The maximum atomic E-state index is 12.7. The van der Waals surface area contributed by atoms with Crippen molar-refractivity contribution in [2.75, 3.05) is 79.3 Å². The van der Waals surface area contributed by atoms with Crippen LogP contribution in [0.2, 0.25) is 0 Å². The third-order valence-corrected chi connectivity index (χ3v) is 7.62. The second-order valence-corrected chi connectivity index (χ2v) is 11.4. The maximum Gasteiger partial charge on any atom is 0.185 e. The average molecular weight is 709 g/mol. The summed E-state index contributed by atoms with van der Waals surface area (Å²) >= 11 is 0. The number of hydrogen-bond acceptors (Lipinski definition) is 10. The van der Waals surface area contributed by atoms with Crippen LogP contribution in [0.1, 0.15) is 31.8 Å². The van der Waals surface area contributed by atoms with Crippen molar-refractivity contribution in [3.8, 4) is 23.0 Å². The molecule has 0 aliphatic carbocycles. The lowest BCUT2D eigenvalue weighted by Gasteiger charge is -2.09. The summed E-state index contributed by atoms with van der Waals surface area (Å²) in [4.78, 5) is 25.3. The van der Waals surface area contributed by atoms with Crippen LogP contribution in [0.25, 0.3) is 12.2 Å². The predicted molar refractivity (Wildman–Crippen MR) is 198 cm³/mol. The highest BCUT2D eigenvalue weighted by Gasteiger charge is 2.05. The minimum Gasteiger partial charge on any atom is -0.491 e. The van der Waals surface area contributed by atoms with Crippen molar-refractivity contribution in [2.45, 2.75) is 0 Å². The van der Waals surface area contributed by atoms with E-state index in [0.717, 1.165) is 11.1 Å². The van der Waals surface area contributed by atoms with Crippen LogP contribution >= 0.6 is 0 Å². The maximum absolute atomic E-state index is 12.7. The summed E-state index contributed by atoms with van der Waals surface area (Å²) in [5.41, 5.74) is 2.90. The molecule has 0 N–H and O–H groups in total. The van der Waals surface area contributed by atoms with Gasteiger partial charge in [0.15, 0.2) is 11.6 Å². The quantitative estimate of drug-likeness (QED) is 0.194. The molecule has 0 saturated heterocycles. The van der Waals surface area contributed by atoms with Crippen LogP contribution in [0.4, 0.5) is 0 Å². The van der Waals surface area contributed by atoms with Crippen molar-refractivity contribution in [3.63, 3.8) is 0 Å². The van der Waals surface area contributed by atoms with Gasteiger partial charge in [-0.25, -0.2) is 0 Å². The third-order valence-electron chi connectivity index (χ3n) is 7.62. The van der Waals surface area contributed by atoms with E-state index in [0.29, 0.717) is 113 Å². The highest BCUT2D eigenvalue weighted by molar-refractivity contribution is 6.07. The van der Waals surface area contributed by atoms with E-state index in [4.69, 9.17) is 37.9 Å². The van der Waals surface area contributed by atoms with Gasteiger partial charge in [0.1, 0.15) is 49.4 Å². The largest absolute Gasteiger partial charge is 0.491 e. The predicted octanol–water partition coefficient (Wildman–Crippen LogP) is 6.77. The van der Waals surface area contributed by atoms with Gasteiger partial charge in [-0.05, 0) is 96.1 Å². The van der Waals surface area contributed by atoms with Crippen LogP contribution < -0.4 is 18.9 Å². The van der Waals surface area contributed by atoms with Crippen molar-refractivity contribution < 1.29 is 47.5 Å². The van der Waals surface area contributed by atoms with E-state index in [-0.39, 0.29) is 11.6 Å². The van der Waals surface area contributed by atoms with E-state index >= 15 is 0 Å². The Kier molecular flexibility index (Phi) is 16.0. The molecule has 7 heterocycles. The van der Waals surface area contributed by atoms with Crippen LogP contribution in [-0.4, -0.2) is 90.8 Å². The van der Waals surface area contributed by atoms with Gasteiger partial charge >= 0.3 is 0 Å². The number of ketones is 2. The Balaban J connectivity index is 1.08. The molecule has 0 saturated carbocycles. The summed E-state index contributed by atoms with van der Waals surface area (Å²) in [6, 6.07) is 29.0. The molecular weight excluding hydrogens is 664 g/mol. The molecule has 7 aliphatic rings. The summed E-state index contributed by atoms with van der Waals surface area (Å²) in [5.74, 6) is 2.53. The Morgan fingerprint density at radius 2 is 0.538 bits per heavy atom. The smallest absolute Gasteiger partial charge is 0.185 e. The first-order chi connectivity index (χ1) is 25.6. The second-order valence-electron chi connectivity index (χ2n) is 11.4. The number of carbonyl (C=O) groups is 2. The molecule has 0 spiro atoms. The SMILES string of the molecule is O=C1C=Cc2ccc(cc2)OCCOCCOCCOc2ccc(cc2)C=CC(=O)c2ccc(cc2)OCCOCCOCCOc2ccc1cc2. The number of benzene rings is 4. The zero-order valence-electron chi connectivity index (χ0n) is 29.1. The Morgan fingerprint density at radius 1 is 0.288 bits per heavy atom. The van der Waals surface area contributed by atoms with Crippen LogP contribution in [0.3, 0.4) is 0 Å². The van der Waals surface area contributed by atoms with Gasteiger partial charge in [0.2, 0.25) is 0 Å². The molecule has 10 nitrogen and oxygen atoms in total. The molecule has 4 aromatic rings. The first kappa shape index (κ1) is 38.0. The number of hydrogen-bond donors (Lipinski definition) is 0. The van der Waals surface area contributed by atoms with Crippen LogP contribution in [0, 0.1) is 0 Å². The molecule has 8 bridgehead atoms. The van der Waals surface area contributed by atoms with Crippen LogP contribution in [-0.2, 0) is 18.9 Å². The van der Waals surface area contributed by atoms with Crippen molar-refractivity contribution in [1.82, 2.24) is 0 Å². The highest BCUT2D eigenvalue weighted by atomic mass is 16.6. The number of rotatable bonds is 0. The Hall–Kier alpha value is -5.26. The van der Waals surface area contributed by atoms with E-state index in [1.807, 2.05) is 48.5 Å². The normalized spacial score (nSPS) is 16.5. The molecule has 0 unspecified atom stereocenters. The van der Waals surface area contributed by atoms with E-state index < -0.39 is 0 Å². The van der Waals surface area contributed by atoms with Crippen molar-refractivity contribution in [1.29, 1.82) is 0 Å². The van der Waals surface area contributed by atoms with Gasteiger partial charge < -0.3 is 37.9 Å². The minimum absolute atomic E-state index is 0.105.